The topological polar surface area (TPSA) is 124 Å². The fraction of sp³-hybridized carbons (Fsp3) is 0.440. The van der Waals surface area contributed by atoms with Gasteiger partial charge in [0.2, 0.25) is 0 Å². The Balaban J connectivity index is 2.24. The van der Waals surface area contributed by atoms with Gasteiger partial charge in [-0.1, -0.05) is 39.0 Å². The van der Waals surface area contributed by atoms with Crippen molar-refractivity contribution in [3.05, 3.63) is 58.3 Å². The lowest BCUT2D eigenvalue weighted by molar-refractivity contribution is 0.0600. The number of rotatable bonds is 2. The molecule has 2 aliphatic carbocycles. The summed E-state index contributed by atoms with van der Waals surface area (Å²) >= 11 is 0. The molecular formula is C25H26N4O2. The Hall–Kier alpha value is -3.56. The number of esters is 1. The second-order valence-corrected chi connectivity index (χ2v) is 9.32. The molecule has 2 N–H and O–H groups in total. The van der Waals surface area contributed by atoms with Crippen LogP contribution in [0.25, 0.3) is 0 Å². The molecule has 0 fully saturated rings. The second-order valence-electron chi connectivity index (χ2n) is 9.32. The number of hydrogen-bond acceptors (Lipinski definition) is 6. The number of benzene rings is 1. The van der Waals surface area contributed by atoms with Crippen LogP contribution in [0.4, 0.5) is 0 Å². The maximum absolute atomic E-state index is 11.9. The molecule has 0 amide bonds. The highest BCUT2D eigenvalue weighted by atomic mass is 16.5. The lowest BCUT2D eigenvalue weighted by Crippen LogP contribution is -2.44. The average molecular weight is 415 g/mol. The van der Waals surface area contributed by atoms with Gasteiger partial charge in [0.25, 0.3) is 0 Å². The van der Waals surface area contributed by atoms with E-state index in [0.717, 1.165) is 24.0 Å². The molecule has 0 radical (unpaired) electrons. The Morgan fingerprint density at radius 1 is 1.16 bits per heavy atom. The highest BCUT2D eigenvalue weighted by Crippen LogP contribution is 2.57. The van der Waals surface area contributed by atoms with Crippen LogP contribution in [-0.2, 0) is 4.74 Å². The van der Waals surface area contributed by atoms with Crippen molar-refractivity contribution in [1.82, 2.24) is 0 Å². The van der Waals surface area contributed by atoms with Crippen LogP contribution in [0.15, 0.2) is 47.2 Å². The number of hydrogen-bond donors (Lipinski definition) is 1. The monoisotopic (exact) mass is 414 g/mol. The smallest absolute Gasteiger partial charge is 0.337 e. The largest absolute Gasteiger partial charge is 0.465 e. The van der Waals surface area contributed by atoms with E-state index in [2.05, 4.69) is 45.1 Å². The molecule has 0 aliphatic heterocycles. The normalized spacial score (nSPS) is 24.7. The van der Waals surface area contributed by atoms with Crippen molar-refractivity contribution >= 4 is 5.97 Å². The molecule has 0 bridgehead atoms. The van der Waals surface area contributed by atoms with E-state index in [0.29, 0.717) is 11.5 Å². The molecule has 6 heteroatoms. The number of methoxy groups -OCH3 is 1. The van der Waals surface area contributed by atoms with E-state index in [1.807, 2.05) is 0 Å². The van der Waals surface area contributed by atoms with Gasteiger partial charge in [-0.25, -0.2) is 4.79 Å². The van der Waals surface area contributed by atoms with E-state index in [9.17, 15) is 20.6 Å². The highest BCUT2D eigenvalue weighted by molar-refractivity contribution is 5.89. The third-order valence-corrected chi connectivity index (χ3v) is 6.79. The first-order valence-corrected chi connectivity index (χ1v) is 10.3. The molecule has 0 unspecified atom stereocenters. The molecule has 3 rings (SSSR count). The summed E-state index contributed by atoms with van der Waals surface area (Å²) in [5.74, 6) is -0.891. The fourth-order valence-electron chi connectivity index (χ4n) is 4.92. The number of nitrogens with two attached hydrogens (primary N) is 1. The average Bonchev–Trinajstić information content (AvgIpc) is 2.77. The van der Waals surface area contributed by atoms with Crippen LogP contribution in [0.3, 0.4) is 0 Å². The van der Waals surface area contributed by atoms with Crippen molar-refractivity contribution in [2.75, 3.05) is 7.11 Å². The van der Waals surface area contributed by atoms with Crippen LogP contribution in [0.5, 0.6) is 0 Å². The van der Waals surface area contributed by atoms with Gasteiger partial charge in [-0.2, -0.15) is 15.8 Å². The summed E-state index contributed by atoms with van der Waals surface area (Å²) in [7, 11) is 1.31. The molecule has 158 valence electrons. The van der Waals surface area contributed by atoms with E-state index < -0.39 is 17.3 Å². The van der Waals surface area contributed by atoms with Crippen molar-refractivity contribution in [3.8, 4) is 18.2 Å². The minimum absolute atomic E-state index is 0.0127. The van der Waals surface area contributed by atoms with E-state index in [-0.39, 0.29) is 22.6 Å². The minimum Gasteiger partial charge on any atom is -0.465 e. The summed E-state index contributed by atoms with van der Waals surface area (Å²) in [5, 5.41) is 30.2. The third kappa shape index (κ3) is 3.47. The standard InChI is InChI=1S/C25H26N4O2/c1-24(2,3)17-9-10-18-19(11-17)21(15-5-7-16(8-6-15)23(30)31-4)25(13-27,14-28)22(29)20(18)12-26/h5-8,10,17,19,21H,9,11,29H2,1-4H3/t17-,19-,21+/m1/s1. The molecule has 0 saturated heterocycles. The molecule has 31 heavy (non-hydrogen) atoms. The number of ether oxygens (including phenoxy) is 1. The quantitative estimate of drug-likeness (QED) is 0.718. The van der Waals surface area contributed by atoms with E-state index in [1.165, 1.54) is 7.11 Å². The van der Waals surface area contributed by atoms with E-state index >= 15 is 0 Å². The molecule has 6 nitrogen and oxygen atoms in total. The molecule has 1 aromatic rings. The number of carbonyl (C=O) groups excluding carboxylic acids is 1. The first-order chi connectivity index (χ1) is 14.6. The van der Waals surface area contributed by atoms with Gasteiger partial charge in [0.05, 0.1) is 36.1 Å². The van der Waals surface area contributed by atoms with Crippen molar-refractivity contribution in [2.24, 2.45) is 28.4 Å². The first-order valence-electron chi connectivity index (χ1n) is 10.3. The van der Waals surface area contributed by atoms with Gasteiger partial charge in [0.15, 0.2) is 5.41 Å². The Morgan fingerprint density at radius 3 is 2.26 bits per heavy atom. The lowest BCUT2D eigenvalue weighted by atomic mass is 9.54. The predicted molar refractivity (Wildman–Crippen MR) is 115 cm³/mol. The van der Waals surface area contributed by atoms with Crippen LogP contribution >= 0.6 is 0 Å². The summed E-state index contributed by atoms with van der Waals surface area (Å²) in [6.07, 6.45) is 3.61. The third-order valence-electron chi connectivity index (χ3n) is 6.79. The van der Waals surface area contributed by atoms with Gasteiger partial charge in [-0.3, -0.25) is 0 Å². The van der Waals surface area contributed by atoms with Gasteiger partial charge in [-0.05, 0) is 53.4 Å². The second kappa shape index (κ2) is 7.93. The Morgan fingerprint density at radius 2 is 1.77 bits per heavy atom. The molecule has 0 heterocycles. The van der Waals surface area contributed by atoms with Gasteiger partial charge in [0, 0.05) is 5.92 Å². The molecule has 1 aromatic carbocycles. The van der Waals surface area contributed by atoms with Crippen LogP contribution in [-0.4, -0.2) is 13.1 Å². The van der Waals surface area contributed by atoms with Crippen molar-refractivity contribution < 1.29 is 9.53 Å². The first kappa shape index (κ1) is 22.1. The maximum Gasteiger partial charge on any atom is 0.337 e. The maximum atomic E-state index is 11.9. The summed E-state index contributed by atoms with van der Waals surface area (Å²) in [6, 6.07) is 13.2. The predicted octanol–water partition coefficient (Wildman–Crippen LogP) is 4.34. The van der Waals surface area contributed by atoms with E-state index in [1.54, 1.807) is 24.3 Å². The number of nitrogens with zero attached hydrogens (tertiary/aromatic N) is 3. The molecule has 3 atom stereocenters. The van der Waals surface area contributed by atoms with Crippen LogP contribution < -0.4 is 5.73 Å². The number of allylic oxidation sites excluding steroid dienone is 4. The highest BCUT2D eigenvalue weighted by Gasteiger charge is 2.55. The molecule has 0 aromatic heterocycles. The van der Waals surface area contributed by atoms with Gasteiger partial charge >= 0.3 is 5.97 Å². The van der Waals surface area contributed by atoms with Crippen LogP contribution in [0, 0.1) is 56.7 Å². The van der Waals surface area contributed by atoms with Gasteiger partial charge in [-0.15, -0.1) is 0 Å². The fourth-order valence-corrected chi connectivity index (χ4v) is 4.92. The van der Waals surface area contributed by atoms with Crippen molar-refractivity contribution in [1.29, 1.82) is 15.8 Å². The number of nitriles is 3. The molecule has 0 saturated carbocycles. The Labute approximate surface area is 183 Å². The van der Waals surface area contributed by atoms with Gasteiger partial charge < -0.3 is 10.5 Å². The van der Waals surface area contributed by atoms with Crippen molar-refractivity contribution in [2.45, 2.75) is 39.5 Å². The number of fused-ring (bicyclic) bond motifs is 1. The summed E-state index contributed by atoms with van der Waals surface area (Å²) in [5.41, 5.74) is 6.91. The van der Waals surface area contributed by atoms with Crippen molar-refractivity contribution in [3.63, 3.8) is 0 Å². The molecule has 2 aliphatic rings. The molecule has 0 spiro atoms. The summed E-state index contributed by atoms with van der Waals surface area (Å²) in [6.45, 7) is 6.53. The number of carbonyl (C=O) groups is 1. The zero-order chi connectivity index (χ0) is 23.0. The zero-order valence-corrected chi connectivity index (χ0v) is 18.3. The Bertz CT molecular complexity index is 1070. The van der Waals surface area contributed by atoms with Gasteiger partial charge in [0.1, 0.15) is 6.07 Å². The Kier molecular flexibility index (Phi) is 5.66. The zero-order valence-electron chi connectivity index (χ0n) is 18.3. The minimum atomic E-state index is -1.67. The van der Waals surface area contributed by atoms with Crippen LogP contribution in [0.1, 0.15) is 55.5 Å². The lowest BCUT2D eigenvalue weighted by Gasteiger charge is -2.47. The van der Waals surface area contributed by atoms with E-state index in [4.69, 9.17) is 10.5 Å². The summed E-state index contributed by atoms with van der Waals surface area (Å²) in [4.78, 5) is 11.9. The summed E-state index contributed by atoms with van der Waals surface area (Å²) < 4.78 is 4.77. The SMILES string of the molecule is COC(=O)c1ccc([C@H]2[C@@H]3C[C@H](C(C)(C)C)CC=C3C(C#N)=C(N)C2(C#N)C#N)cc1. The van der Waals surface area contributed by atoms with Crippen LogP contribution in [0.2, 0.25) is 0 Å². The molecular weight excluding hydrogens is 388 g/mol.